The number of aromatic nitrogens is 8. The molecule has 2 aliphatic rings. The molecule has 2 fully saturated rings. The van der Waals surface area contributed by atoms with Gasteiger partial charge in [0.15, 0.2) is 17.5 Å². The molecule has 0 atom stereocenters. The molecule has 2 aromatic carbocycles. The fourth-order valence-electron chi connectivity index (χ4n) is 9.84. The lowest BCUT2D eigenvalue weighted by molar-refractivity contribution is -0.143. The van der Waals surface area contributed by atoms with Gasteiger partial charge in [-0.05, 0) is 43.2 Å². The summed E-state index contributed by atoms with van der Waals surface area (Å²) in [6.07, 6.45) is 7.15. The van der Waals surface area contributed by atoms with Gasteiger partial charge >= 0.3 is 5.97 Å². The number of nitriles is 1. The molecule has 8 rings (SSSR count). The van der Waals surface area contributed by atoms with E-state index in [9.17, 15) is 47.5 Å². The van der Waals surface area contributed by atoms with E-state index in [-0.39, 0.29) is 100 Å². The molecule has 28 nitrogen and oxygen atoms in total. The van der Waals surface area contributed by atoms with Crippen LogP contribution in [0.2, 0.25) is 0 Å². The first-order chi connectivity index (χ1) is 45.3. The third-order valence-corrected chi connectivity index (χ3v) is 14.7. The van der Waals surface area contributed by atoms with Crippen LogP contribution < -0.4 is 14.8 Å². The molecule has 93 heavy (non-hydrogen) atoms. The van der Waals surface area contributed by atoms with Crippen LogP contribution in [0.15, 0.2) is 73.0 Å². The third kappa shape index (κ3) is 21.2. The second-order valence-electron chi connectivity index (χ2n) is 21.2. The van der Waals surface area contributed by atoms with Crippen molar-refractivity contribution in [3.63, 3.8) is 0 Å². The molecule has 3 N–H and O–H groups in total. The lowest BCUT2D eigenvalue weighted by Gasteiger charge is -2.35. The number of methoxy groups -OCH3 is 1. The van der Waals surface area contributed by atoms with Crippen LogP contribution in [0.1, 0.15) is 70.8 Å². The maximum atomic E-state index is 13.8. The molecule has 1 aliphatic heterocycles. The smallest absolute Gasteiger partial charge is 0.313 e. The van der Waals surface area contributed by atoms with Crippen molar-refractivity contribution in [2.75, 3.05) is 139 Å². The van der Waals surface area contributed by atoms with Crippen molar-refractivity contribution in [1.82, 2.24) is 54.8 Å². The van der Waals surface area contributed by atoms with Crippen LogP contribution in [0.4, 0.5) is 13.2 Å². The van der Waals surface area contributed by atoms with E-state index in [0.29, 0.717) is 152 Å². The number of likely N-dealkylation sites (tertiary alicyclic amines) is 1. The maximum Gasteiger partial charge on any atom is 0.313 e. The highest BCUT2D eigenvalue weighted by Crippen LogP contribution is 2.33. The van der Waals surface area contributed by atoms with Gasteiger partial charge < -0.3 is 72.6 Å². The average molecular weight is 1300 g/mol. The fourth-order valence-corrected chi connectivity index (χ4v) is 9.84. The van der Waals surface area contributed by atoms with Crippen LogP contribution in [-0.2, 0) is 65.4 Å². The minimum Gasteiger partial charge on any atom is -0.494 e. The second-order valence-corrected chi connectivity index (χ2v) is 21.2. The number of ether oxygens (including phenoxy) is 10. The molecule has 0 radical (unpaired) electrons. The minimum absolute atomic E-state index is 0.0653. The summed E-state index contributed by atoms with van der Waals surface area (Å²) in [6.45, 7) is 6.31. The first-order valence-electron chi connectivity index (χ1n) is 30.4. The molecule has 4 aromatic heterocycles. The number of ketones is 1. The maximum absolute atomic E-state index is 13.8. The van der Waals surface area contributed by atoms with Gasteiger partial charge in [-0.3, -0.25) is 24.0 Å². The van der Waals surface area contributed by atoms with E-state index in [4.69, 9.17) is 42.6 Å². The summed E-state index contributed by atoms with van der Waals surface area (Å²) < 4.78 is 97.7. The third-order valence-electron chi connectivity index (χ3n) is 14.7. The molecule has 31 heteroatoms. The van der Waals surface area contributed by atoms with Crippen molar-refractivity contribution < 1.29 is 89.6 Å². The highest BCUT2D eigenvalue weighted by molar-refractivity contribution is 6.45. The van der Waals surface area contributed by atoms with Crippen LogP contribution in [0.25, 0.3) is 22.3 Å². The number of piperidine rings is 1. The van der Waals surface area contributed by atoms with E-state index < -0.39 is 52.9 Å². The summed E-state index contributed by atoms with van der Waals surface area (Å²) in [5.41, 5.74) is 3.35. The number of H-pyrrole nitrogens is 1. The van der Waals surface area contributed by atoms with Crippen molar-refractivity contribution in [3.05, 3.63) is 113 Å². The lowest BCUT2D eigenvalue weighted by atomic mass is 9.81. The largest absolute Gasteiger partial charge is 0.494 e. The van der Waals surface area contributed by atoms with Crippen LogP contribution >= 0.6 is 0 Å². The molecule has 6 aromatic rings. The Labute approximate surface area is 533 Å². The normalized spacial score (nSPS) is 14.6. The van der Waals surface area contributed by atoms with Crippen LogP contribution in [-0.4, -0.2) is 229 Å². The number of benzene rings is 2. The predicted octanol–water partition coefficient (Wildman–Crippen LogP) is 3.99. The lowest BCUT2D eigenvalue weighted by Crippen LogP contribution is -2.45. The number of rotatable bonds is 41. The fraction of sp³-hybridized carbons (Fsp3) is 0.500. The zero-order chi connectivity index (χ0) is 65.7. The summed E-state index contributed by atoms with van der Waals surface area (Å²) in [5, 5.41) is 35.4. The molecule has 0 unspecified atom stereocenters. The summed E-state index contributed by atoms with van der Waals surface area (Å²) in [7, 11) is 1.42. The molecular weight excluding hydrogens is 1230 g/mol. The van der Waals surface area contributed by atoms with Gasteiger partial charge in [0.2, 0.25) is 17.5 Å². The van der Waals surface area contributed by atoms with E-state index in [1.54, 1.807) is 15.8 Å². The van der Waals surface area contributed by atoms with Crippen molar-refractivity contribution in [2.24, 2.45) is 5.92 Å². The predicted molar refractivity (Wildman–Crippen MR) is 321 cm³/mol. The van der Waals surface area contributed by atoms with Gasteiger partial charge in [-0.15, -0.1) is 10.2 Å². The molecule has 500 valence electrons. The Morgan fingerprint density at radius 1 is 0.796 bits per heavy atom. The zero-order valence-electron chi connectivity index (χ0n) is 51.5. The number of nitrogens with zero attached hydrogens (tertiary/aromatic N) is 10. The van der Waals surface area contributed by atoms with E-state index in [0.717, 1.165) is 11.1 Å². The van der Waals surface area contributed by atoms with Gasteiger partial charge in [0, 0.05) is 57.0 Å². The number of Topliss-reactive ketones (excluding diaryl/α,β-unsaturated/α-hetero) is 1. The van der Waals surface area contributed by atoms with E-state index >= 15 is 0 Å². The highest BCUT2D eigenvalue weighted by atomic mass is 19.1. The molecule has 0 bridgehead atoms. The second kappa shape index (κ2) is 37.2. The summed E-state index contributed by atoms with van der Waals surface area (Å²) in [5.74, 6) is -7.80. The first-order valence-corrected chi connectivity index (χ1v) is 30.4. The van der Waals surface area contributed by atoms with Gasteiger partial charge in [-0.1, -0.05) is 35.5 Å². The number of carbonyl (C=O) groups excluding carboxylic acids is 5. The number of aliphatic hydroxyl groups is 1. The van der Waals surface area contributed by atoms with Gasteiger partial charge in [-0.25, -0.2) is 27.8 Å². The Morgan fingerprint density at radius 3 is 2.05 bits per heavy atom. The Bertz CT molecular complexity index is 3450. The number of fused-ring (bicyclic) bond motifs is 1. The van der Waals surface area contributed by atoms with E-state index in [1.807, 2.05) is 30.3 Å². The highest BCUT2D eigenvalue weighted by Gasteiger charge is 2.36. The van der Waals surface area contributed by atoms with Crippen molar-refractivity contribution >= 4 is 46.0 Å². The number of aliphatic hydroxyl groups excluding tert-OH is 1. The molecule has 0 spiro atoms. The Kier molecular flexibility index (Phi) is 28.1. The van der Waals surface area contributed by atoms with Gasteiger partial charge in [0.1, 0.15) is 23.6 Å². The minimum atomic E-state index is -1.32. The molecule has 1 saturated heterocycles. The van der Waals surface area contributed by atoms with Crippen LogP contribution in [0.5, 0.6) is 11.5 Å². The number of esters is 1. The van der Waals surface area contributed by atoms with Crippen molar-refractivity contribution in [1.29, 1.82) is 5.26 Å². The summed E-state index contributed by atoms with van der Waals surface area (Å²) >= 11 is 0. The molecule has 1 saturated carbocycles. The summed E-state index contributed by atoms with van der Waals surface area (Å²) in [6, 6.07) is 12.5. The van der Waals surface area contributed by atoms with Crippen LogP contribution in [0, 0.1) is 34.7 Å². The molecule has 1 aliphatic carbocycles. The number of halogens is 3. The van der Waals surface area contributed by atoms with Gasteiger partial charge in [-0.2, -0.15) is 9.94 Å². The van der Waals surface area contributed by atoms with E-state index in [1.165, 1.54) is 35.4 Å². The van der Waals surface area contributed by atoms with E-state index in [2.05, 4.69) is 46.5 Å². The Hall–Kier alpha value is -8.58. The SMILES string of the molecule is COc1cnc(-n2cnc(C(=O)NCCCN(CCOCCOCCOCCOCc3cn(CCOCCOCCOCCOCCC(=O)Oc4c(F)cc(F)cc4F)nn3)C(=O)C3CC(O)C3)n2)c2[nH]cc(C(=O)C(=O)N3CCC(=C(C#N)c4ccccc4)CC3)c12. The number of nitrogens with one attached hydrogen (secondary N) is 2. The number of carbonyl (C=O) groups is 5. The number of aromatic amines is 1. The van der Waals surface area contributed by atoms with Gasteiger partial charge in [0.25, 0.3) is 17.6 Å². The topological polar surface area (TPSA) is 330 Å². The quantitative estimate of drug-likeness (QED) is 0.0122. The number of allylic oxidation sites excluding steroid dienone is 1. The van der Waals surface area contributed by atoms with Crippen molar-refractivity contribution in [2.45, 2.75) is 57.8 Å². The number of pyridine rings is 1. The number of hydrogen-bond donors (Lipinski definition) is 3. The zero-order valence-corrected chi connectivity index (χ0v) is 51.5. The number of amides is 3. The average Bonchev–Trinajstić information content (AvgIpc) is 1.64. The monoisotopic (exact) mass is 1300 g/mol. The van der Waals surface area contributed by atoms with Crippen molar-refractivity contribution in [3.8, 4) is 23.4 Å². The Morgan fingerprint density at radius 2 is 1.42 bits per heavy atom. The molecule has 5 heterocycles. The van der Waals surface area contributed by atoms with Crippen LogP contribution in [0.3, 0.4) is 0 Å². The molecular formula is C62H75F3N12O16. The van der Waals surface area contributed by atoms with Gasteiger partial charge in [0.05, 0.1) is 172 Å². The first kappa shape index (κ1) is 70.3. The number of hydrogen-bond acceptors (Lipinski definition) is 22. The molecule has 3 amide bonds. The Balaban J connectivity index is 0.630. The summed E-state index contributed by atoms with van der Waals surface area (Å²) in [4.78, 5) is 80.8. The standard InChI is InChI=1S/C62H75F3N12O16/c1-84-52-38-69-59(55-54(52)49(37-68-55)56(80)62(83)75-13-8-43(9-14-75)48(36-66)42-6-3-2-4-7-42)77-41-70-58(72-77)60(81)67-11-5-12-74(61(82)44-32-47(78)33-44)15-18-86-21-24-89-28-29-91-30-31-92-40-46-39-76(73-71-46)16-19-87-22-25-90-27-26-88-23-20-85-17-10-53(79)93-57-50(64)34-45(63)35-51(57)65/h2-4,6-7,34-35,37-39,41,44,47,68,78H,5,8-33,40H2,1H3,(H,67,81).